The molecule has 0 radical (unpaired) electrons. The molecule has 8 nitrogen and oxygen atoms in total. The van der Waals surface area contributed by atoms with E-state index < -0.39 is 15.3 Å². The molecule has 4 rings (SSSR count). The molecule has 0 saturated heterocycles. The smallest absolute Gasteiger partial charge is 0.238 e. The van der Waals surface area contributed by atoms with Crippen molar-refractivity contribution in [1.29, 1.82) is 0 Å². The van der Waals surface area contributed by atoms with E-state index in [9.17, 15) is 13.2 Å². The van der Waals surface area contributed by atoms with Crippen LogP contribution < -0.4 is 10.5 Å². The highest BCUT2D eigenvalue weighted by Gasteiger charge is 2.22. The van der Waals surface area contributed by atoms with Crippen molar-refractivity contribution in [2.24, 2.45) is 5.14 Å². The summed E-state index contributed by atoms with van der Waals surface area (Å²) in [6, 6.07) is 19.7. The highest BCUT2D eigenvalue weighted by Crippen LogP contribution is 2.30. The van der Waals surface area contributed by atoms with Crippen molar-refractivity contribution < 1.29 is 13.2 Å². The number of benzene rings is 2. The number of nitrogens with zero attached hydrogens (tertiary/aromatic N) is 3. The molecule has 1 atom stereocenters. The zero-order chi connectivity index (χ0) is 23.4. The molecule has 0 aliphatic rings. The lowest BCUT2D eigenvalue weighted by Gasteiger charge is -2.14. The summed E-state index contributed by atoms with van der Waals surface area (Å²) in [4.78, 5) is 13.8. The van der Waals surface area contributed by atoms with Crippen LogP contribution in [-0.2, 0) is 21.4 Å². The fourth-order valence-corrected chi connectivity index (χ4v) is 5.14. The number of carbonyl (C=O) groups excluding carboxylic acids is 1. The molecule has 3 N–H and O–H groups in total. The predicted octanol–water partition coefficient (Wildman–Crippen LogP) is 3.82. The first kappa shape index (κ1) is 23.2. The number of primary sulfonamides is 1. The number of sulfonamides is 1. The van der Waals surface area contributed by atoms with E-state index in [2.05, 4.69) is 15.5 Å². The number of hydrogen-bond donors (Lipinski definition) is 2. The average molecular weight is 500 g/mol. The number of hydrogen-bond acceptors (Lipinski definition) is 7. The van der Waals surface area contributed by atoms with Crippen molar-refractivity contribution in [3.63, 3.8) is 0 Å². The van der Waals surface area contributed by atoms with E-state index in [1.165, 1.54) is 36.0 Å². The van der Waals surface area contributed by atoms with Gasteiger partial charge >= 0.3 is 0 Å². The second-order valence-electron chi connectivity index (χ2n) is 7.17. The largest absolute Gasteiger partial charge is 0.325 e. The Morgan fingerprint density at radius 3 is 2.45 bits per heavy atom. The summed E-state index contributed by atoms with van der Waals surface area (Å²) in [6.45, 7) is 2.36. The predicted molar refractivity (Wildman–Crippen MR) is 131 cm³/mol. The van der Waals surface area contributed by atoms with E-state index in [4.69, 9.17) is 5.14 Å². The molecule has 0 spiro atoms. The van der Waals surface area contributed by atoms with E-state index in [0.717, 1.165) is 16.3 Å². The maximum absolute atomic E-state index is 12.8. The minimum atomic E-state index is -3.79. The summed E-state index contributed by atoms with van der Waals surface area (Å²) < 4.78 is 24.8. The van der Waals surface area contributed by atoms with E-state index in [1.54, 1.807) is 18.3 Å². The fourth-order valence-electron chi connectivity index (χ4n) is 3.06. The van der Waals surface area contributed by atoms with Gasteiger partial charge in [-0.3, -0.25) is 9.36 Å². The van der Waals surface area contributed by atoms with Gasteiger partial charge in [-0.15, -0.1) is 21.5 Å². The first-order chi connectivity index (χ1) is 15.8. The molecule has 2 heterocycles. The average Bonchev–Trinajstić information content (AvgIpc) is 3.45. The first-order valence-corrected chi connectivity index (χ1v) is 13.2. The SMILES string of the molecule is CC(Sc1nnc(-c2cccs2)n1Cc1ccccc1)C(=O)Nc1ccc(S(N)(=O)=O)cc1. The number of carbonyl (C=O) groups is 1. The van der Waals surface area contributed by atoms with Gasteiger partial charge in [0.25, 0.3) is 0 Å². The monoisotopic (exact) mass is 499 g/mol. The number of amides is 1. The van der Waals surface area contributed by atoms with Crippen LogP contribution in [0.5, 0.6) is 0 Å². The van der Waals surface area contributed by atoms with Gasteiger partial charge in [0.2, 0.25) is 15.9 Å². The normalized spacial score (nSPS) is 12.4. The number of thioether (sulfide) groups is 1. The van der Waals surface area contributed by atoms with Crippen LogP contribution in [0.4, 0.5) is 5.69 Å². The standard InChI is InChI=1S/C22H21N5O3S3/c1-15(21(28)24-17-9-11-18(12-10-17)33(23,29)30)32-22-26-25-20(19-8-5-13-31-19)27(22)14-16-6-3-2-4-7-16/h2-13,15H,14H2,1H3,(H,24,28)(H2,23,29,30). The van der Waals surface area contributed by atoms with E-state index in [-0.39, 0.29) is 10.8 Å². The Morgan fingerprint density at radius 1 is 1.09 bits per heavy atom. The van der Waals surface area contributed by atoms with Crippen LogP contribution in [0.15, 0.2) is 82.2 Å². The van der Waals surface area contributed by atoms with Crippen molar-refractivity contribution in [2.45, 2.75) is 28.8 Å². The molecule has 0 saturated carbocycles. The van der Waals surface area contributed by atoms with Crippen LogP contribution in [0.25, 0.3) is 10.7 Å². The van der Waals surface area contributed by atoms with Gasteiger partial charge in [-0.2, -0.15) is 0 Å². The molecule has 1 amide bonds. The summed E-state index contributed by atoms with van der Waals surface area (Å²) in [5, 5.41) is 18.8. The third-order valence-corrected chi connectivity index (χ3v) is 7.62. The number of rotatable bonds is 8. The zero-order valence-corrected chi connectivity index (χ0v) is 20.0. The Balaban J connectivity index is 1.52. The number of thiophene rings is 1. The van der Waals surface area contributed by atoms with Crippen molar-refractivity contribution in [1.82, 2.24) is 14.8 Å². The number of nitrogens with one attached hydrogen (secondary N) is 1. The lowest BCUT2D eigenvalue weighted by Crippen LogP contribution is -2.23. The van der Waals surface area contributed by atoms with Gasteiger partial charge in [-0.25, -0.2) is 13.6 Å². The highest BCUT2D eigenvalue weighted by molar-refractivity contribution is 8.00. The highest BCUT2D eigenvalue weighted by atomic mass is 32.2. The van der Waals surface area contributed by atoms with Gasteiger partial charge < -0.3 is 5.32 Å². The molecule has 4 aromatic rings. The Hall–Kier alpha value is -2.99. The summed E-state index contributed by atoms with van der Waals surface area (Å²) in [5.74, 6) is 0.512. The second kappa shape index (κ2) is 9.87. The summed E-state index contributed by atoms with van der Waals surface area (Å²) >= 11 is 2.89. The molecule has 0 aliphatic carbocycles. The van der Waals surface area contributed by atoms with E-state index in [0.29, 0.717) is 17.4 Å². The van der Waals surface area contributed by atoms with Crippen LogP contribution in [0.2, 0.25) is 0 Å². The third-order valence-electron chi connectivity index (χ3n) is 4.74. The number of nitrogens with two attached hydrogens (primary N) is 1. The second-order valence-corrected chi connectivity index (χ2v) is 11.0. The topological polar surface area (TPSA) is 120 Å². The molecule has 0 aliphatic heterocycles. The molecule has 0 fully saturated rings. The van der Waals surface area contributed by atoms with Gasteiger partial charge in [-0.1, -0.05) is 48.2 Å². The molecule has 2 aromatic heterocycles. The Labute approximate surface area is 199 Å². The summed E-state index contributed by atoms with van der Waals surface area (Å²) in [6.07, 6.45) is 0. The van der Waals surface area contributed by atoms with Gasteiger partial charge in [0.05, 0.1) is 21.6 Å². The van der Waals surface area contributed by atoms with Crippen LogP contribution in [0.3, 0.4) is 0 Å². The fraction of sp³-hybridized carbons (Fsp3) is 0.136. The van der Waals surface area contributed by atoms with Crippen molar-refractivity contribution in [2.75, 3.05) is 5.32 Å². The Kier molecular flexibility index (Phi) is 6.94. The zero-order valence-electron chi connectivity index (χ0n) is 17.6. The van der Waals surface area contributed by atoms with Gasteiger partial charge in [0.15, 0.2) is 11.0 Å². The van der Waals surface area contributed by atoms with Crippen LogP contribution >= 0.6 is 23.1 Å². The molecule has 11 heteroatoms. The lowest BCUT2D eigenvalue weighted by atomic mass is 10.2. The minimum absolute atomic E-state index is 0.0157. The van der Waals surface area contributed by atoms with Crippen LogP contribution in [0, 0.1) is 0 Å². The third kappa shape index (κ3) is 5.69. The minimum Gasteiger partial charge on any atom is -0.325 e. The molecule has 170 valence electrons. The van der Waals surface area contributed by atoms with E-state index in [1.807, 2.05) is 52.4 Å². The van der Waals surface area contributed by atoms with E-state index >= 15 is 0 Å². The molecular formula is C22H21N5O3S3. The summed E-state index contributed by atoms with van der Waals surface area (Å²) in [5.41, 5.74) is 1.58. The molecule has 2 aromatic carbocycles. The summed E-state index contributed by atoms with van der Waals surface area (Å²) in [7, 11) is -3.79. The Bertz CT molecular complexity index is 1340. The number of anilines is 1. The first-order valence-electron chi connectivity index (χ1n) is 9.92. The van der Waals surface area contributed by atoms with Gasteiger partial charge in [0, 0.05) is 5.69 Å². The maximum Gasteiger partial charge on any atom is 0.238 e. The van der Waals surface area contributed by atoms with Crippen molar-refractivity contribution in [3.05, 3.63) is 77.7 Å². The van der Waals surface area contributed by atoms with Crippen LogP contribution in [-0.4, -0.2) is 34.3 Å². The maximum atomic E-state index is 12.8. The molecule has 0 bridgehead atoms. The molecule has 1 unspecified atom stereocenters. The van der Waals surface area contributed by atoms with Gasteiger partial charge in [-0.05, 0) is 48.2 Å². The lowest BCUT2D eigenvalue weighted by molar-refractivity contribution is -0.115. The molecule has 33 heavy (non-hydrogen) atoms. The van der Waals surface area contributed by atoms with Crippen LogP contribution in [0.1, 0.15) is 12.5 Å². The van der Waals surface area contributed by atoms with Crippen molar-refractivity contribution >= 4 is 44.7 Å². The number of aromatic nitrogens is 3. The van der Waals surface area contributed by atoms with Gasteiger partial charge in [0.1, 0.15) is 0 Å². The quantitative estimate of drug-likeness (QED) is 0.356. The molecular weight excluding hydrogens is 478 g/mol. The Morgan fingerprint density at radius 2 is 1.82 bits per heavy atom. The van der Waals surface area contributed by atoms with Crippen molar-refractivity contribution in [3.8, 4) is 10.7 Å².